The van der Waals surface area contributed by atoms with E-state index in [1.165, 1.54) is 28.2 Å². The number of sulfonamides is 1. The van der Waals surface area contributed by atoms with Gasteiger partial charge in [0.1, 0.15) is 5.82 Å². The normalized spacial score (nSPS) is 14.8. The number of carbonyl (C=O) groups excluding carboxylic acids is 1. The summed E-state index contributed by atoms with van der Waals surface area (Å²) in [6, 6.07) is 14.1. The second kappa shape index (κ2) is 11.8. The van der Waals surface area contributed by atoms with Crippen molar-refractivity contribution in [3.8, 4) is 11.4 Å². The second-order valence-electron chi connectivity index (χ2n) is 8.33. The molecule has 0 spiro atoms. The molecule has 0 atom stereocenters. The highest BCUT2D eigenvalue weighted by atomic mass is 32.2. The van der Waals surface area contributed by atoms with Gasteiger partial charge in [0.15, 0.2) is 5.82 Å². The zero-order valence-corrected chi connectivity index (χ0v) is 20.8. The van der Waals surface area contributed by atoms with E-state index in [4.69, 9.17) is 0 Å². The number of nitrogens with zero attached hydrogens (tertiary/aromatic N) is 3. The van der Waals surface area contributed by atoms with E-state index >= 15 is 0 Å². The Morgan fingerprint density at radius 2 is 1.80 bits per heavy atom. The van der Waals surface area contributed by atoms with Gasteiger partial charge in [-0.3, -0.25) is 9.89 Å². The minimum atomic E-state index is -3.93. The van der Waals surface area contributed by atoms with Crippen molar-refractivity contribution in [1.29, 1.82) is 0 Å². The molecule has 1 fully saturated rings. The van der Waals surface area contributed by atoms with Gasteiger partial charge in [-0.25, -0.2) is 17.8 Å². The summed E-state index contributed by atoms with van der Waals surface area (Å²) in [6.45, 7) is 0.0711. The fraction of sp³-hybridized carbons (Fsp3) is 0.375. The molecule has 35 heavy (non-hydrogen) atoms. The molecule has 1 aliphatic rings. The van der Waals surface area contributed by atoms with Gasteiger partial charge in [0.25, 0.3) is 0 Å². The molecule has 0 radical (unpaired) electrons. The third-order valence-corrected chi connectivity index (χ3v) is 8.63. The quantitative estimate of drug-likeness (QED) is 0.313. The van der Waals surface area contributed by atoms with E-state index in [1.54, 1.807) is 0 Å². The van der Waals surface area contributed by atoms with Crippen molar-refractivity contribution in [2.75, 3.05) is 18.8 Å². The Kier molecular flexibility index (Phi) is 8.53. The average molecular weight is 518 g/mol. The minimum absolute atomic E-state index is 0.00773. The summed E-state index contributed by atoms with van der Waals surface area (Å²) in [5.74, 6) is 0.324. The summed E-state index contributed by atoms with van der Waals surface area (Å²) >= 11 is 1.39. The number of hydrogen-bond donors (Lipinski definition) is 2. The number of aromatic nitrogens is 3. The first-order valence-electron chi connectivity index (χ1n) is 11.6. The maximum atomic E-state index is 13.3. The fourth-order valence-electron chi connectivity index (χ4n) is 4.09. The van der Waals surface area contributed by atoms with Gasteiger partial charge < -0.3 is 5.32 Å². The van der Waals surface area contributed by atoms with Crippen molar-refractivity contribution in [2.45, 2.75) is 48.2 Å². The number of carbonyl (C=O) groups is 1. The Hall–Kier alpha value is -2.76. The van der Waals surface area contributed by atoms with Crippen molar-refractivity contribution >= 4 is 27.7 Å². The van der Waals surface area contributed by atoms with Gasteiger partial charge in [-0.05, 0) is 37.1 Å². The lowest BCUT2D eigenvalue weighted by atomic mass is 9.95. The first kappa shape index (κ1) is 25.3. The number of thioether (sulfide) groups is 1. The number of nitrogens with one attached hydrogen (secondary N) is 2. The van der Waals surface area contributed by atoms with E-state index in [0.29, 0.717) is 36.1 Å². The number of H-pyrrole nitrogens is 1. The molecule has 1 saturated carbocycles. The number of hydrogen-bond acceptors (Lipinski definition) is 6. The van der Waals surface area contributed by atoms with E-state index in [9.17, 15) is 17.6 Å². The van der Waals surface area contributed by atoms with Gasteiger partial charge in [0.05, 0.1) is 11.4 Å². The Balaban J connectivity index is 1.33. The topological polar surface area (TPSA) is 108 Å². The number of benzene rings is 2. The summed E-state index contributed by atoms with van der Waals surface area (Å²) in [4.78, 5) is 17.1. The standard InChI is InChI=1S/C24H28FN5O3S2/c25-19-11-13-21(14-12-19)35(32,33)30(20-9-5-2-6-10-20)17-22(31)26-15-16-34-24-27-23(28-29-24)18-7-3-1-4-8-18/h1,3-4,7-8,11-14,20H,2,5-6,9-10,15-17H2,(H,26,31)(H,27,28,29). The predicted octanol–water partition coefficient (Wildman–Crippen LogP) is 3.84. The summed E-state index contributed by atoms with van der Waals surface area (Å²) in [7, 11) is -3.93. The lowest BCUT2D eigenvalue weighted by molar-refractivity contribution is -0.121. The van der Waals surface area contributed by atoms with Crippen molar-refractivity contribution < 1.29 is 17.6 Å². The van der Waals surface area contributed by atoms with Gasteiger partial charge >= 0.3 is 0 Å². The first-order valence-corrected chi connectivity index (χ1v) is 14.0. The molecular formula is C24H28FN5O3S2. The predicted molar refractivity (Wildman–Crippen MR) is 133 cm³/mol. The van der Waals surface area contributed by atoms with Gasteiger partial charge in [0, 0.05) is 23.9 Å². The highest BCUT2D eigenvalue weighted by Gasteiger charge is 2.33. The smallest absolute Gasteiger partial charge is 0.243 e. The van der Waals surface area contributed by atoms with Crippen LogP contribution in [0.5, 0.6) is 0 Å². The van der Waals surface area contributed by atoms with Crippen LogP contribution in [0.4, 0.5) is 4.39 Å². The Labute approximate surface area is 208 Å². The van der Waals surface area contributed by atoms with Crippen LogP contribution in [0, 0.1) is 5.82 Å². The molecule has 1 heterocycles. The lowest BCUT2D eigenvalue weighted by Crippen LogP contribution is -2.47. The number of amides is 1. The van der Waals surface area contributed by atoms with Crippen LogP contribution in [0.3, 0.4) is 0 Å². The monoisotopic (exact) mass is 517 g/mol. The highest BCUT2D eigenvalue weighted by molar-refractivity contribution is 7.99. The van der Waals surface area contributed by atoms with Crippen LogP contribution >= 0.6 is 11.8 Å². The number of aromatic amines is 1. The molecule has 186 valence electrons. The zero-order chi connectivity index (χ0) is 24.7. The Morgan fingerprint density at radius 1 is 1.09 bits per heavy atom. The maximum absolute atomic E-state index is 13.3. The van der Waals surface area contributed by atoms with E-state index in [1.807, 2.05) is 30.3 Å². The van der Waals surface area contributed by atoms with E-state index in [0.717, 1.165) is 37.0 Å². The van der Waals surface area contributed by atoms with Crippen LogP contribution in [-0.4, -0.2) is 58.7 Å². The molecule has 8 nitrogen and oxygen atoms in total. The summed E-state index contributed by atoms with van der Waals surface area (Å²) in [6.07, 6.45) is 4.30. The summed E-state index contributed by atoms with van der Waals surface area (Å²) < 4.78 is 41.2. The molecule has 0 aliphatic heterocycles. The van der Waals surface area contributed by atoms with Crippen LogP contribution in [0.15, 0.2) is 64.6 Å². The number of halogens is 1. The molecular weight excluding hydrogens is 489 g/mol. The van der Waals surface area contributed by atoms with Crippen molar-refractivity contribution in [2.24, 2.45) is 0 Å². The van der Waals surface area contributed by atoms with Crippen molar-refractivity contribution in [3.63, 3.8) is 0 Å². The average Bonchev–Trinajstić information content (AvgIpc) is 3.35. The van der Waals surface area contributed by atoms with Crippen LogP contribution < -0.4 is 5.32 Å². The highest BCUT2D eigenvalue weighted by Crippen LogP contribution is 2.28. The lowest BCUT2D eigenvalue weighted by Gasteiger charge is -2.33. The van der Waals surface area contributed by atoms with E-state index < -0.39 is 15.8 Å². The molecule has 2 N–H and O–H groups in total. The van der Waals surface area contributed by atoms with Gasteiger partial charge in [-0.2, -0.15) is 4.31 Å². The molecule has 0 bridgehead atoms. The molecule has 11 heteroatoms. The van der Waals surface area contributed by atoms with Gasteiger partial charge in [-0.1, -0.05) is 61.4 Å². The van der Waals surface area contributed by atoms with E-state index in [-0.39, 0.29) is 23.4 Å². The number of rotatable bonds is 10. The Bertz CT molecular complexity index is 1210. The van der Waals surface area contributed by atoms with Crippen molar-refractivity contribution in [1.82, 2.24) is 24.8 Å². The van der Waals surface area contributed by atoms with E-state index in [2.05, 4.69) is 20.5 Å². The molecule has 2 aromatic carbocycles. The third-order valence-electron chi connectivity index (χ3n) is 5.87. The minimum Gasteiger partial charge on any atom is -0.354 e. The van der Waals surface area contributed by atoms with Crippen LogP contribution in [0.1, 0.15) is 32.1 Å². The van der Waals surface area contributed by atoms with Crippen molar-refractivity contribution in [3.05, 3.63) is 60.4 Å². The molecule has 1 amide bonds. The van der Waals surface area contributed by atoms with Crippen LogP contribution in [0.2, 0.25) is 0 Å². The molecule has 0 unspecified atom stereocenters. The second-order valence-corrected chi connectivity index (χ2v) is 11.3. The third kappa shape index (κ3) is 6.68. The first-order chi connectivity index (χ1) is 16.9. The SMILES string of the molecule is O=C(CN(C1CCCCC1)S(=O)(=O)c1ccc(F)cc1)NCCSc1n[nH]c(-c2ccccc2)n1. The fourth-order valence-corrected chi connectivity index (χ4v) is 6.38. The van der Waals surface area contributed by atoms with Gasteiger partial charge in [-0.15, -0.1) is 5.10 Å². The molecule has 4 rings (SSSR count). The molecule has 1 aliphatic carbocycles. The molecule has 1 aromatic heterocycles. The summed E-state index contributed by atoms with van der Waals surface area (Å²) in [5, 5.41) is 10.5. The largest absolute Gasteiger partial charge is 0.354 e. The van der Waals surface area contributed by atoms with Gasteiger partial charge in [0.2, 0.25) is 21.1 Å². The van der Waals surface area contributed by atoms with Crippen LogP contribution in [-0.2, 0) is 14.8 Å². The summed E-state index contributed by atoms with van der Waals surface area (Å²) in [5.41, 5.74) is 0.935. The molecule has 3 aromatic rings. The Morgan fingerprint density at radius 3 is 2.51 bits per heavy atom. The zero-order valence-electron chi connectivity index (χ0n) is 19.2. The van der Waals surface area contributed by atoms with Crippen LogP contribution in [0.25, 0.3) is 11.4 Å². The molecule has 0 saturated heterocycles. The maximum Gasteiger partial charge on any atom is 0.243 e.